The molecule has 11 heteroatoms. The smallest absolute Gasteiger partial charge is 0.353 e. The van der Waals surface area contributed by atoms with Gasteiger partial charge in [0.2, 0.25) is 0 Å². The van der Waals surface area contributed by atoms with Crippen molar-refractivity contribution < 1.29 is 18.4 Å². The summed E-state index contributed by atoms with van der Waals surface area (Å²) in [6, 6.07) is 6.68. The summed E-state index contributed by atoms with van der Waals surface area (Å²) in [6.07, 6.45) is 1.52. The quantitative estimate of drug-likeness (QED) is 0.204. The van der Waals surface area contributed by atoms with Crippen LogP contribution in [0.5, 0.6) is 5.75 Å². The van der Waals surface area contributed by atoms with E-state index in [0.29, 0.717) is 11.3 Å². The van der Waals surface area contributed by atoms with Crippen LogP contribution in [0.3, 0.4) is 0 Å². The van der Waals surface area contributed by atoms with Gasteiger partial charge in [0, 0.05) is 17.1 Å². The molecule has 0 amide bonds. The molecular formula is C25H19Cl2F2N3O4. The first-order valence-corrected chi connectivity index (χ1v) is 11.5. The van der Waals surface area contributed by atoms with Gasteiger partial charge in [-0.25, -0.2) is 8.78 Å². The topological polar surface area (TPSA) is 87.3 Å². The molecule has 0 spiro atoms. The minimum absolute atomic E-state index is 0.00233. The van der Waals surface area contributed by atoms with Crippen molar-refractivity contribution in [1.29, 1.82) is 0 Å². The van der Waals surface area contributed by atoms with Crippen LogP contribution < -0.4 is 10.3 Å². The molecule has 0 radical (unpaired) electrons. The molecule has 0 aliphatic carbocycles. The Morgan fingerprint density at radius 1 is 1.17 bits per heavy atom. The highest BCUT2D eigenvalue weighted by molar-refractivity contribution is 6.39. The average molecular weight is 534 g/mol. The van der Waals surface area contributed by atoms with E-state index in [1.165, 1.54) is 31.5 Å². The normalized spacial score (nSPS) is 11.4. The average Bonchev–Trinajstić information content (AvgIpc) is 2.81. The van der Waals surface area contributed by atoms with Crippen LogP contribution in [-0.4, -0.2) is 21.6 Å². The Bertz CT molecular complexity index is 1620. The summed E-state index contributed by atoms with van der Waals surface area (Å²) in [5.74, 6) is -2.17. The number of hydrogen-bond donors (Lipinski definition) is 0. The lowest BCUT2D eigenvalue weighted by Gasteiger charge is -2.21. The lowest BCUT2D eigenvalue weighted by Crippen LogP contribution is -2.25. The van der Waals surface area contributed by atoms with Gasteiger partial charge in [-0.2, -0.15) is 0 Å². The number of halogens is 4. The van der Waals surface area contributed by atoms with E-state index >= 15 is 4.39 Å². The van der Waals surface area contributed by atoms with E-state index in [-0.39, 0.29) is 38.9 Å². The van der Waals surface area contributed by atoms with Crippen molar-refractivity contribution in [2.45, 2.75) is 26.7 Å². The number of methoxy groups -OCH3 is 1. The Morgan fingerprint density at radius 2 is 1.86 bits per heavy atom. The summed E-state index contributed by atoms with van der Waals surface area (Å²) >= 11 is 12.7. The molecule has 2 aromatic carbocycles. The Morgan fingerprint density at radius 3 is 2.47 bits per heavy atom. The van der Waals surface area contributed by atoms with Gasteiger partial charge in [0.15, 0.2) is 5.82 Å². The lowest BCUT2D eigenvalue weighted by molar-refractivity contribution is -0.386. The van der Waals surface area contributed by atoms with Crippen molar-refractivity contribution in [2.75, 3.05) is 7.11 Å². The Balaban J connectivity index is 2.33. The van der Waals surface area contributed by atoms with E-state index in [9.17, 15) is 19.3 Å². The SMILES string of the molecule is COc1cccc(F)c1-c1c(Cl)cc2c(Cl)c([N+](=O)[O-])c(=O)n(-c3c(C)ccnc3C(C)C)c2c1F. The third kappa shape index (κ3) is 3.88. The van der Waals surface area contributed by atoms with Crippen molar-refractivity contribution in [1.82, 2.24) is 9.55 Å². The maximum atomic E-state index is 16.5. The first kappa shape index (κ1) is 25.5. The van der Waals surface area contributed by atoms with Crippen LogP contribution in [0.2, 0.25) is 10.0 Å². The predicted molar refractivity (Wildman–Crippen MR) is 135 cm³/mol. The molecule has 0 bridgehead atoms. The minimum atomic E-state index is -1.16. The van der Waals surface area contributed by atoms with Gasteiger partial charge in [-0.15, -0.1) is 0 Å². The summed E-state index contributed by atoms with van der Waals surface area (Å²) in [7, 11) is 1.29. The summed E-state index contributed by atoms with van der Waals surface area (Å²) in [5, 5.41) is 10.8. The van der Waals surface area contributed by atoms with Crippen LogP contribution in [0.25, 0.3) is 27.7 Å². The Kier molecular flexibility index (Phi) is 6.72. The fourth-order valence-corrected chi connectivity index (χ4v) is 4.81. The zero-order valence-electron chi connectivity index (χ0n) is 19.5. The number of nitrogens with zero attached hydrogens (tertiary/aromatic N) is 3. The molecule has 0 N–H and O–H groups in total. The summed E-state index contributed by atoms with van der Waals surface area (Å²) in [5.41, 5.74) is -2.11. The molecule has 4 rings (SSSR count). The first-order valence-electron chi connectivity index (χ1n) is 10.7. The largest absolute Gasteiger partial charge is 0.496 e. The third-order valence-electron chi connectivity index (χ3n) is 5.82. The number of pyridine rings is 2. The highest BCUT2D eigenvalue weighted by atomic mass is 35.5. The molecular weight excluding hydrogens is 515 g/mol. The number of ether oxygens (including phenoxy) is 1. The van der Waals surface area contributed by atoms with Crippen molar-refractivity contribution in [3.63, 3.8) is 0 Å². The van der Waals surface area contributed by atoms with E-state index in [4.69, 9.17) is 27.9 Å². The van der Waals surface area contributed by atoms with Crippen molar-refractivity contribution in [3.05, 3.63) is 89.9 Å². The number of fused-ring (bicyclic) bond motifs is 1. The fraction of sp³-hybridized carbons (Fsp3) is 0.200. The highest BCUT2D eigenvalue weighted by Gasteiger charge is 2.32. The van der Waals surface area contributed by atoms with Crippen LogP contribution in [0.4, 0.5) is 14.5 Å². The van der Waals surface area contributed by atoms with Gasteiger partial charge in [-0.05, 0) is 42.7 Å². The molecule has 0 saturated carbocycles. The number of aromatic nitrogens is 2. The van der Waals surface area contributed by atoms with E-state index in [2.05, 4.69) is 4.98 Å². The second kappa shape index (κ2) is 9.48. The van der Waals surface area contributed by atoms with Gasteiger partial charge in [-0.1, -0.05) is 43.1 Å². The number of hydrogen-bond acceptors (Lipinski definition) is 5. The zero-order chi connectivity index (χ0) is 26.5. The van der Waals surface area contributed by atoms with Gasteiger partial charge in [0.05, 0.1) is 39.5 Å². The number of aryl methyl sites for hydroxylation is 1. The molecule has 2 aromatic heterocycles. The number of nitro groups is 1. The zero-order valence-corrected chi connectivity index (χ0v) is 21.0. The van der Waals surface area contributed by atoms with Crippen LogP contribution in [-0.2, 0) is 0 Å². The maximum absolute atomic E-state index is 16.5. The minimum Gasteiger partial charge on any atom is -0.496 e. The van der Waals surface area contributed by atoms with Crippen LogP contribution in [0, 0.1) is 28.7 Å². The molecule has 0 fully saturated rings. The van der Waals surface area contributed by atoms with Gasteiger partial charge in [0.25, 0.3) is 0 Å². The van der Waals surface area contributed by atoms with Crippen molar-refractivity contribution in [3.8, 4) is 22.6 Å². The third-order valence-corrected chi connectivity index (χ3v) is 6.50. The summed E-state index contributed by atoms with van der Waals surface area (Å²) in [4.78, 5) is 28.8. The van der Waals surface area contributed by atoms with E-state index in [0.717, 1.165) is 10.6 Å². The standard InChI is InChI=1S/C25H19Cl2F2N3O4/c1-11(2)21-22(12(3)8-9-30-21)31-23-13(19(27)24(25(31)33)32(34)35)10-14(26)17(20(23)29)18-15(28)6-5-7-16(18)36-4/h5-11H,1-4H3. The number of benzene rings is 2. The molecule has 0 atom stereocenters. The molecule has 7 nitrogen and oxygen atoms in total. The highest BCUT2D eigenvalue weighted by Crippen LogP contribution is 2.44. The van der Waals surface area contributed by atoms with Crippen molar-refractivity contribution >= 4 is 39.8 Å². The first-order chi connectivity index (χ1) is 17.0. The second-order valence-electron chi connectivity index (χ2n) is 8.34. The molecule has 0 saturated heterocycles. The predicted octanol–water partition coefficient (Wildman–Crippen LogP) is 6.99. The lowest BCUT2D eigenvalue weighted by atomic mass is 9.99. The second-order valence-corrected chi connectivity index (χ2v) is 9.12. The van der Waals surface area contributed by atoms with Crippen LogP contribution in [0.1, 0.15) is 31.0 Å². The van der Waals surface area contributed by atoms with Crippen molar-refractivity contribution in [2.24, 2.45) is 0 Å². The molecule has 0 unspecified atom stereocenters. The fourth-order valence-electron chi connectivity index (χ4n) is 4.23. The molecule has 0 aliphatic heterocycles. The van der Waals surface area contributed by atoms with Gasteiger partial charge >= 0.3 is 11.2 Å². The van der Waals surface area contributed by atoms with Crippen LogP contribution in [0.15, 0.2) is 41.3 Å². The summed E-state index contributed by atoms with van der Waals surface area (Å²) < 4.78 is 37.6. The Labute approximate surface area is 214 Å². The van der Waals surface area contributed by atoms with Gasteiger partial charge < -0.3 is 4.74 Å². The van der Waals surface area contributed by atoms with E-state index in [1.807, 2.05) is 13.8 Å². The molecule has 4 aromatic rings. The summed E-state index contributed by atoms with van der Waals surface area (Å²) in [6.45, 7) is 5.29. The van der Waals surface area contributed by atoms with E-state index < -0.39 is 38.3 Å². The van der Waals surface area contributed by atoms with Gasteiger partial charge in [0.1, 0.15) is 16.6 Å². The number of rotatable bonds is 5. The monoisotopic (exact) mass is 533 g/mol. The van der Waals surface area contributed by atoms with E-state index in [1.54, 1.807) is 13.0 Å². The van der Waals surface area contributed by atoms with Gasteiger partial charge in [-0.3, -0.25) is 24.5 Å². The Hall–Kier alpha value is -3.56. The van der Waals surface area contributed by atoms with Crippen LogP contribution >= 0.6 is 23.2 Å². The molecule has 36 heavy (non-hydrogen) atoms. The maximum Gasteiger partial charge on any atom is 0.353 e. The molecule has 0 aliphatic rings. The molecule has 186 valence electrons. The molecule has 2 heterocycles.